The van der Waals surface area contributed by atoms with Gasteiger partial charge in [-0.25, -0.2) is 0 Å². The Kier molecular flexibility index (Phi) is 8.81. The van der Waals surface area contributed by atoms with E-state index in [-0.39, 0.29) is 18.3 Å². The summed E-state index contributed by atoms with van der Waals surface area (Å²) in [6.45, 7) is 5.47. The third-order valence-corrected chi connectivity index (χ3v) is 5.15. The van der Waals surface area contributed by atoms with E-state index in [1.54, 1.807) is 4.90 Å². The maximum atomic E-state index is 12.7. The molecule has 1 fully saturated rings. The number of benzene rings is 1. The number of thiocarbonyl (C=S) groups is 1. The highest BCUT2D eigenvalue weighted by Gasteiger charge is 2.31. The largest absolute Gasteiger partial charge is 0.493 e. The molecular weight excluding hydrogens is 382 g/mol. The normalized spacial score (nSPS) is 15.5. The number of para-hydroxylation sites is 1. The number of carbonyl (C=O) groups is 2. The molecule has 0 N–H and O–H groups in total. The molecule has 0 aromatic heterocycles. The van der Waals surface area contributed by atoms with Crippen molar-refractivity contribution in [2.45, 2.75) is 39.5 Å². The first-order valence-electron chi connectivity index (χ1n) is 9.19. The molecule has 5 nitrogen and oxygen atoms in total. The molecule has 1 heterocycles. The van der Waals surface area contributed by atoms with Crippen molar-refractivity contribution in [1.29, 1.82) is 0 Å². The summed E-state index contributed by atoms with van der Waals surface area (Å²) in [7, 11) is 0. The van der Waals surface area contributed by atoms with Crippen LogP contribution in [0.3, 0.4) is 0 Å². The topological polar surface area (TPSA) is 55.8 Å². The van der Waals surface area contributed by atoms with Crippen molar-refractivity contribution < 1.29 is 19.1 Å². The van der Waals surface area contributed by atoms with Crippen molar-refractivity contribution in [3.05, 3.63) is 34.7 Å². The minimum atomic E-state index is -0.236. The van der Waals surface area contributed by atoms with Gasteiger partial charge >= 0.3 is 5.97 Å². The highest BCUT2D eigenvalue weighted by atomic mass is 32.2. The minimum Gasteiger partial charge on any atom is -0.493 e. The molecule has 2 rings (SSSR count). The predicted octanol–water partition coefficient (Wildman–Crippen LogP) is 4.41. The average Bonchev–Trinajstić information content (AvgIpc) is 2.93. The van der Waals surface area contributed by atoms with Crippen LogP contribution in [0.5, 0.6) is 5.75 Å². The van der Waals surface area contributed by atoms with E-state index >= 15 is 0 Å². The number of esters is 1. The number of hydrogen-bond acceptors (Lipinski definition) is 6. The van der Waals surface area contributed by atoms with E-state index in [0.29, 0.717) is 35.4 Å². The molecule has 1 amide bonds. The van der Waals surface area contributed by atoms with Gasteiger partial charge < -0.3 is 9.47 Å². The Morgan fingerprint density at radius 3 is 2.70 bits per heavy atom. The number of thioether (sulfide) groups is 1. The number of nitrogens with zero attached hydrogens (tertiary/aromatic N) is 1. The maximum Gasteiger partial charge on any atom is 0.305 e. The van der Waals surface area contributed by atoms with Gasteiger partial charge in [-0.3, -0.25) is 14.5 Å². The number of hydrogen-bond donors (Lipinski definition) is 0. The van der Waals surface area contributed by atoms with Gasteiger partial charge in [-0.1, -0.05) is 56.0 Å². The maximum absolute atomic E-state index is 12.7. The number of rotatable bonds is 10. The van der Waals surface area contributed by atoms with E-state index in [4.69, 9.17) is 21.7 Å². The smallest absolute Gasteiger partial charge is 0.305 e. The van der Waals surface area contributed by atoms with Crippen molar-refractivity contribution in [2.75, 3.05) is 19.8 Å². The molecule has 1 aliphatic heterocycles. The lowest BCUT2D eigenvalue weighted by Crippen LogP contribution is -2.29. The highest BCUT2D eigenvalue weighted by Crippen LogP contribution is 2.34. The van der Waals surface area contributed by atoms with Crippen LogP contribution in [0.2, 0.25) is 0 Å². The van der Waals surface area contributed by atoms with E-state index in [2.05, 4.69) is 0 Å². The fraction of sp³-hybridized carbons (Fsp3) is 0.450. The van der Waals surface area contributed by atoms with Gasteiger partial charge in [0.25, 0.3) is 5.91 Å². The molecule has 1 aromatic rings. The van der Waals surface area contributed by atoms with Crippen molar-refractivity contribution in [3.8, 4) is 5.75 Å². The molecule has 0 saturated carbocycles. The summed E-state index contributed by atoms with van der Waals surface area (Å²) in [5.74, 6) is 0.389. The molecule has 0 radical (unpaired) electrons. The van der Waals surface area contributed by atoms with Gasteiger partial charge in [0.1, 0.15) is 10.1 Å². The lowest BCUT2D eigenvalue weighted by molar-refractivity contribution is -0.144. The third kappa shape index (κ3) is 6.36. The molecule has 0 unspecified atom stereocenters. The Balaban J connectivity index is 1.99. The predicted molar refractivity (Wildman–Crippen MR) is 113 cm³/mol. The van der Waals surface area contributed by atoms with E-state index < -0.39 is 0 Å². The van der Waals surface area contributed by atoms with Crippen LogP contribution in [-0.2, 0) is 14.3 Å². The lowest BCUT2D eigenvalue weighted by atomic mass is 10.2. The van der Waals surface area contributed by atoms with Gasteiger partial charge in [0.15, 0.2) is 0 Å². The highest BCUT2D eigenvalue weighted by molar-refractivity contribution is 8.26. The molecule has 1 aromatic carbocycles. The summed E-state index contributed by atoms with van der Waals surface area (Å²) in [4.78, 5) is 26.4. The van der Waals surface area contributed by atoms with Crippen LogP contribution < -0.4 is 4.74 Å². The van der Waals surface area contributed by atoms with Crippen LogP contribution in [0.25, 0.3) is 6.08 Å². The first kappa shape index (κ1) is 21.4. The monoisotopic (exact) mass is 407 g/mol. The standard InChI is InChI=1S/C20H25NO4S2/c1-3-12-24-16-9-6-5-8-15(16)14-17-19(23)21(20(26)27-17)11-7-10-18(22)25-13-4-2/h5-6,8-9,14H,3-4,7,10-13H2,1-2H3/b17-14+. The van der Waals surface area contributed by atoms with Crippen LogP contribution in [0, 0.1) is 0 Å². The zero-order chi connectivity index (χ0) is 19.6. The summed E-state index contributed by atoms with van der Waals surface area (Å²) in [5, 5.41) is 0. The molecule has 0 atom stereocenters. The second-order valence-electron chi connectivity index (χ2n) is 6.04. The van der Waals surface area contributed by atoms with Crippen molar-refractivity contribution in [1.82, 2.24) is 4.90 Å². The summed E-state index contributed by atoms with van der Waals surface area (Å²) in [5.41, 5.74) is 0.856. The number of ether oxygens (including phenoxy) is 2. The van der Waals surface area contributed by atoms with Crippen LogP contribution in [0.15, 0.2) is 29.2 Å². The van der Waals surface area contributed by atoms with Gasteiger partial charge in [-0.05, 0) is 31.4 Å². The number of carbonyl (C=O) groups excluding carboxylic acids is 2. The first-order chi connectivity index (χ1) is 13.1. The van der Waals surface area contributed by atoms with Crippen LogP contribution in [-0.4, -0.2) is 40.9 Å². The van der Waals surface area contributed by atoms with E-state index in [1.165, 1.54) is 11.8 Å². The zero-order valence-electron chi connectivity index (χ0n) is 15.7. The summed E-state index contributed by atoms with van der Waals surface area (Å²) < 4.78 is 11.3. The molecule has 146 valence electrons. The van der Waals surface area contributed by atoms with Gasteiger partial charge in [0, 0.05) is 18.5 Å². The van der Waals surface area contributed by atoms with Crippen LogP contribution >= 0.6 is 24.0 Å². The van der Waals surface area contributed by atoms with E-state index in [1.807, 2.05) is 44.2 Å². The Labute approximate surface area is 170 Å². The Morgan fingerprint density at radius 2 is 1.96 bits per heavy atom. The third-order valence-electron chi connectivity index (χ3n) is 3.77. The molecule has 0 aliphatic carbocycles. The second-order valence-corrected chi connectivity index (χ2v) is 7.72. The van der Waals surface area contributed by atoms with Crippen molar-refractivity contribution in [2.24, 2.45) is 0 Å². The molecule has 1 aliphatic rings. The quantitative estimate of drug-likeness (QED) is 0.325. The Hall–Kier alpha value is -1.86. The molecule has 0 spiro atoms. The van der Waals surface area contributed by atoms with Crippen molar-refractivity contribution >= 4 is 46.3 Å². The second kappa shape index (κ2) is 11.1. The lowest BCUT2D eigenvalue weighted by Gasteiger charge is -2.13. The fourth-order valence-electron chi connectivity index (χ4n) is 2.45. The molecule has 27 heavy (non-hydrogen) atoms. The van der Waals surface area contributed by atoms with Gasteiger partial charge in [-0.2, -0.15) is 0 Å². The fourth-order valence-corrected chi connectivity index (χ4v) is 3.75. The summed E-state index contributed by atoms with van der Waals surface area (Å²) in [6.07, 6.45) is 4.34. The summed E-state index contributed by atoms with van der Waals surface area (Å²) >= 11 is 6.62. The minimum absolute atomic E-state index is 0.128. The Morgan fingerprint density at radius 1 is 1.22 bits per heavy atom. The first-order valence-corrected chi connectivity index (χ1v) is 10.4. The Bertz CT molecular complexity index is 718. The van der Waals surface area contributed by atoms with Crippen LogP contribution in [0.4, 0.5) is 0 Å². The van der Waals surface area contributed by atoms with Crippen molar-refractivity contribution in [3.63, 3.8) is 0 Å². The SMILES string of the molecule is CCCOC(=O)CCCN1C(=O)/C(=C\c2ccccc2OCCC)SC1=S. The zero-order valence-corrected chi connectivity index (χ0v) is 17.4. The van der Waals surface area contributed by atoms with Gasteiger partial charge in [-0.15, -0.1) is 0 Å². The number of amides is 1. The van der Waals surface area contributed by atoms with Gasteiger partial charge in [0.2, 0.25) is 0 Å². The van der Waals surface area contributed by atoms with E-state index in [9.17, 15) is 9.59 Å². The molecular formula is C20H25NO4S2. The average molecular weight is 408 g/mol. The van der Waals surface area contributed by atoms with E-state index in [0.717, 1.165) is 24.2 Å². The molecule has 7 heteroatoms. The van der Waals surface area contributed by atoms with Gasteiger partial charge in [0.05, 0.1) is 18.1 Å². The molecule has 0 bridgehead atoms. The van der Waals surface area contributed by atoms with Crippen LogP contribution in [0.1, 0.15) is 45.1 Å². The molecule has 1 saturated heterocycles. The summed E-state index contributed by atoms with van der Waals surface area (Å²) in [6, 6.07) is 7.63.